The van der Waals surface area contributed by atoms with Gasteiger partial charge in [-0.15, -0.1) is 0 Å². The van der Waals surface area contributed by atoms with Gasteiger partial charge in [-0.05, 0) is 37.0 Å². The van der Waals surface area contributed by atoms with Crippen LogP contribution in [0.2, 0.25) is 0 Å². The molecule has 3 rings (SSSR count). The van der Waals surface area contributed by atoms with Crippen LogP contribution in [0.25, 0.3) is 5.69 Å². The topological polar surface area (TPSA) is 85.8 Å². The summed E-state index contributed by atoms with van der Waals surface area (Å²) in [6.45, 7) is 0.521. The third-order valence-electron chi connectivity index (χ3n) is 4.15. The molecule has 0 bridgehead atoms. The number of amides is 1. The molecule has 2 atom stereocenters. The molecule has 1 aromatic carbocycles. The van der Waals surface area contributed by atoms with Gasteiger partial charge in [-0.25, -0.2) is 9.67 Å². The van der Waals surface area contributed by atoms with Gasteiger partial charge >= 0.3 is 0 Å². The van der Waals surface area contributed by atoms with Gasteiger partial charge in [0.05, 0.1) is 5.69 Å². The molecule has 0 spiro atoms. The van der Waals surface area contributed by atoms with Crippen molar-refractivity contribution in [1.29, 1.82) is 0 Å². The third kappa shape index (κ3) is 3.51. The molecule has 2 unspecified atom stereocenters. The monoisotopic (exact) mass is 299 g/mol. The molecule has 6 nitrogen and oxygen atoms in total. The zero-order valence-corrected chi connectivity index (χ0v) is 12.5. The van der Waals surface area contributed by atoms with Gasteiger partial charge in [-0.1, -0.05) is 18.6 Å². The highest BCUT2D eigenvalue weighted by atomic mass is 16.1. The van der Waals surface area contributed by atoms with Crippen molar-refractivity contribution in [2.45, 2.75) is 38.3 Å². The fraction of sp³-hybridized carbons (Fsp3) is 0.438. The van der Waals surface area contributed by atoms with E-state index in [9.17, 15) is 4.79 Å². The van der Waals surface area contributed by atoms with Gasteiger partial charge in [0.25, 0.3) is 0 Å². The van der Waals surface area contributed by atoms with Crippen LogP contribution in [-0.2, 0) is 11.3 Å². The van der Waals surface area contributed by atoms with Crippen LogP contribution in [0.15, 0.2) is 36.9 Å². The van der Waals surface area contributed by atoms with E-state index in [1.54, 1.807) is 11.0 Å². The highest BCUT2D eigenvalue weighted by molar-refractivity contribution is 5.78. The lowest BCUT2D eigenvalue weighted by atomic mass is 9.85. The Kier molecular flexibility index (Phi) is 4.48. The van der Waals surface area contributed by atoms with Gasteiger partial charge in [0.2, 0.25) is 5.91 Å². The van der Waals surface area contributed by atoms with Crippen molar-refractivity contribution in [3.8, 4) is 5.69 Å². The van der Waals surface area contributed by atoms with Crippen molar-refractivity contribution >= 4 is 5.91 Å². The highest BCUT2D eigenvalue weighted by Crippen LogP contribution is 2.23. The maximum Gasteiger partial charge on any atom is 0.223 e. The van der Waals surface area contributed by atoms with Crippen LogP contribution in [-0.4, -0.2) is 26.7 Å². The van der Waals surface area contributed by atoms with E-state index >= 15 is 0 Å². The van der Waals surface area contributed by atoms with E-state index in [4.69, 9.17) is 5.73 Å². The summed E-state index contributed by atoms with van der Waals surface area (Å²) in [5, 5.41) is 7.13. The van der Waals surface area contributed by atoms with Crippen LogP contribution in [0.3, 0.4) is 0 Å². The molecule has 1 saturated carbocycles. The number of hydrogen-bond donors (Lipinski definition) is 2. The SMILES string of the molecule is NC1CCCC(C(=O)NCc2cccc(-n3cncn3)c2)C1. The van der Waals surface area contributed by atoms with Crippen molar-refractivity contribution < 1.29 is 4.79 Å². The Labute approximate surface area is 129 Å². The normalized spacial score (nSPS) is 21.5. The Morgan fingerprint density at radius 1 is 1.41 bits per heavy atom. The largest absolute Gasteiger partial charge is 0.352 e. The maximum atomic E-state index is 12.2. The molecule has 1 aliphatic carbocycles. The molecule has 6 heteroatoms. The lowest BCUT2D eigenvalue weighted by Gasteiger charge is -2.25. The van der Waals surface area contributed by atoms with Crippen LogP contribution < -0.4 is 11.1 Å². The van der Waals surface area contributed by atoms with E-state index < -0.39 is 0 Å². The molecule has 22 heavy (non-hydrogen) atoms. The van der Waals surface area contributed by atoms with Crippen molar-refractivity contribution in [3.63, 3.8) is 0 Å². The average Bonchev–Trinajstić information content (AvgIpc) is 3.07. The summed E-state index contributed by atoms with van der Waals surface area (Å²) >= 11 is 0. The van der Waals surface area contributed by atoms with Crippen LogP contribution in [0.4, 0.5) is 0 Å². The van der Waals surface area contributed by atoms with E-state index in [1.807, 2.05) is 24.3 Å². The van der Waals surface area contributed by atoms with Gasteiger partial charge in [0.15, 0.2) is 0 Å². The predicted octanol–water partition coefficient (Wildman–Crippen LogP) is 1.40. The first kappa shape index (κ1) is 14.7. The van der Waals surface area contributed by atoms with Crippen LogP contribution >= 0.6 is 0 Å². The second-order valence-electron chi connectivity index (χ2n) is 5.85. The number of benzene rings is 1. The molecule has 0 saturated heterocycles. The number of carbonyl (C=O) groups excluding carboxylic acids is 1. The first-order valence-corrected chi connectivity index (χ1v) is 7.69. The third-order valence-corrected chi connectivity index (χ3v) is 4.15. The summed E-state index contributed by atoms with van der Waals surface area (Å²) in [7, 11) is 0. The van der Waals surface area contributed by atoms with Crippen LogP contribution in [0.1, 0.15) is 31.2 Å². The van der Waals surface area contributed by atoms with Gasteiger partial charge < -0.3 is 11.1 Å². The van der Waals surface area contributed by atoms with E-state index in [2.05, 4.69) is 15.4 Å². The zero-order chi connectivity index (χ0) is 15.4. The molecule has 1 aromatic heterocycles. The number of nitrogens with two attached hydrogens (primary N) is 1. The first-order chi connectivity index (χ1) is 10.7. The summed E-state index contributed by atoms with van der Waals surface area (Å²) in [5.74, 6) is 0.170. The predicted molar refractivity (Wildman–Crippen MR) is 83.1 cm³/mol. The minimum absolute atomic E-state index is 0.0576. The van der Waals surface area contributed by atoms with Gasteiger partial charge in [-0.3, -0.25) is 4.79 Å². The summed E-state index contributed by atoms with van der Waals surface area (Å²) in [6, 6.07) is 8.07. The number of aromatic nitrogens is 3. The summed E-state index contributed by atoms with van der Waals surface area (Å²) in [5.41, 5.74) is 7.93. The van der Waals surface area contributed by atoms with Crippen LogP contribution in [0, 0.1) is 5.92 Å². The van der Waals surface area contributed by atoms with Crippen molar-refractivity contribution in [2.75, 3.05) is 0 Å². The Bertz CT molecular complexity index is 625. The van der Waals surface area contributed by atoms with Gasteiger partial charge in [0.1, 0.15) is 12.7 Å². The van der Waals surface area contributed by atoms with Gasteiger partial charge in [-0.2, -0.15) is 5.10 Å². The molecular weight excluding hydrogens is 278 g/mol. The molecule has 1 amide bonds. The van der Waals surface area contributed by atoms with E-state index in [0.29, 0.717) is 6.54 Å². The number of carbonyl (C=O) groups is 1. The van der Waals surface area contributed by atoms with E-state index in [1.165, 1.54) is 6.33 Å². The molecule has 1 heterocycles. The van der Waals surface area contributed by atoms with Crippen molar-refractivity contribution in [3.05, 3.63) is 42.5 Å². The fourth-order valence-corrected chi connectivity index (χ4v) is 2.95. The lowest BCUT2D eigenvalue weighted by molar-refractivity contribution is -0.126. The fourth-order valence-electron chi connectivity index (χ4n) is 2.95. The standard InChI is InChI=1S/C16H21N5O/c17-14-5-2-4-13(8-14)16(22)19-9-12-3-1-6-15(7-12)21-11-18-10-20-21/h1,3,6-7,10-11,13-14H,2,4-5,8-9,17H2,(H,19,22). The summed E-state index contributed by atoms with van der Waals surface area (Å²) in [6.07, 6.45) is 6.97. The number of nitrogens with zero attached hydrogens (tertiary/aromatic N) is 3. The molecule has 1 aliphatic rings. The zero-order valence-electron chi connectivity index (χ0n) is 12.5. The Balaban J connectivity index is 1.59. The number of hydrogen-bond acceptors (Lipinski definition) is 4. The van der Waals surface area contributed by atoms with Crippen molar-refractivity contribution in [1.82, 2.24) is 20.1 Å². The molecule has 1 fully saturated rings. The van der Waals surface area contributed by atoms with Crippen molar-refractivity contribution in [2.24, 2.45) is 11.7 Å². The Morgan fingerprint density at radius 3 is 3.09 bits per heavy atom. The Morgan fingerprint density at radius 2 is 2.32 bits per heavy atom. The second-order valence-corrected chi connectivity index (χ2v) is 5.85. The molecule has 3 N–H and O–H groups in total. The average molecular weight is 299 g/mol. The summed E-state index contributed by atoms with van der Waals surface area (Å²) < 4.78 is 1.70. The van der Waals surface area contributed by atoms with Gasteiger partial charge in [0, 0.05) is 18.5 Å². The van der Waals surface area contributed by atoms with E-state index in [-0.39, 0.29) is 17.9 Å². The minimum atomic E-state index is 0.0576. The second kappa shape index (κ2) is 6.70. The number of rotatable bonds is 4. The molecule has 2 aromatic rings. The minimum Gasteiger partial charge on any atom is -0.352 e. The highest BCUT2D eigenvalue weighted by Gasteiger charge is 2.24. The Hall–Kier alpha value is -2.21. The molecule has 0 radical (unpaired) electrons. The molecule has 0 aliphatic heterocycles. The lowest BCUT2D eigenvalue weighted by Crippen LogP contribution is -2.37. The van der Waals surface area contributed by atoms with Crippen LogP contribution in [0.5, 0.6) is 0 Å². The summed E-state index contributed by atoms with van der Waals surface area (Å²) in [4.78, 5) is 16.2. The smallest absolute Gasteiger partial charge is 0.223 e. The quantitative estimate of drug-likeness (QED) is 0.893. The number of nitrogens with one attached hydrogen (secondary N) is 1. The van der Waals surface area contributed by atoms with E-state index in [0.717, 1.165) is 36.9 Å². The molecule has 116 valence electrons. The molecular formula is C16H21N5O. The first-order valence-electron chi connectivity index (χ1n) is 7.69. The maximum absolute atomic E-state index is 12.2.